The van der Waals surface area contributed by atoms with Crippen LogP contribution in [0.5, 0.6) is 0 Å². The Balaban J connectivity index is 3.81. The Morgan fingerprint density at radius 1 is 1.36 bits per heavy atom. The van der Waals surface area contributed by atoms with Gasteiger partial charge in [-0.1, -0.05) is 13.3 Å². The second kappa shape index (κ2) is 4.37. The van der Waals surface area contributed by atoms with Gasteiger partial charge in [0.05, 0.1) is 0 Å². The van der Waals surface area contributed by atoms with Gasteiger partial charge in [0.2, 0.25) is 0 Å². The number of unbranched alkanes of at least 4 members (excludes halogenated alkanes) is 2. The fourth-order valence-electron chi connectivity index (χ4n) is 0.687. The molecule has 0 aromatic heterocycles. The summed E-state index contributed by atoms with van der Waals surface area (Å²) >= 11 is 0. The van der Waals surface area contributed by atoms with Gasteiger partial charge in [-0.15, -0.1) is 0 Å². The Morgan fingerprint density at radius 2 is 1.91 bits per heavy atom. The lowest BCUT2D eigenvalue weighted by Crippen LogP contribution is -2.29. The molecule has 0 N–H and O–H groups in total. The second-order valence-electron chi connectivity index (χ2n) is 3.82. The number of hydrogen-bond donors (Lipinski definition) is 0. The molecule has 0 heterocycles. The minimum atomic E-state index is -0.270. The van der Waals surface area contributed by atoms with Crippen LogP contribution in [0.1, 0.15) is 47.0 Å². The maximum Gasteiger partial charge on any atom is 0.164 e. The molecule has 0 spiro atoms. The number of hydrogen-bond acceptors (Lipinski definition) is 1. The first-order valence-electron chi connectivity index (χ1n) is 4.28. The molecule has 0 aliphatic rings. The Hall–Kier alpha value is -0.530. The van der Waals surface area contributed by atoms with Crippen molar-refractivity contribution in [3.63, 3.8) is 0 Å². The van der Waals surface area contributed by atoms with E-state index in [-0.39, 0.29) is 5.54 Å². The molecule has 66 valence electrons. The summed E-state index contributed by atoms with van der Waals surface area (Å²) in [6.07, 6.45) is 4.89. The summed E-state index contributed by atoms with van der Waals surface area (Å²) in [4.78, 5) is 0. The van der Waals surface area contributed by atoms with Crippen LogP contribution in [0.4, 0.5) is 0 Å². The molecule has 2 heteroatoms. The third kappa shape index (κ3) is 4.82. The first-order valence-corrected chi connectivity index (χ1v) is 4.28. The van der Waals surface area contributed by atoms with E-state index >= 15 is 0 Å². The molecule has 11 heavy (non-hydrogen) atoms. The van der Waals surface area contributed by atoms with Crippen LogP contribution in [0.3, 0.4) is 0 Å². The van der Waals surface area contributed by atoms with Crippen molar-refractivity contribution < 1.29 is 4.74 Å². The highest BCUT2D eigenvalue weighted by atomic mass is 16.5. The molecule has 0 amide bonds. The quantitative estimate of drug-likeness (QED) is 0.203. The van der Waals surface area contributed by atoms with Gasteiger partial charge in [0.25, 0.3) is 0 Å². The minimum absolute atomic E-state index is 0.270. The highest BCUT2D eigenvalue weighted by Gasteiger charge is 2.16. The highest BCUT2D eigenvalue weighted by molar-refractivity contribution is 5.51. The molecule has 0 rings (SSSR count). The molecule has 0 aliphatic heterocycles. The van der Waals surface area contributed by atoms with E-state index in [0.717, 1.165) is 24.0 Å². The zero-order valence-electron chi connectivity index (χ0n) is 8.05. The second-order valence-corrected chi connectivity index (χ2v) is 3.82. The smallest absolute Gasteiger partial charge is 0.164 e. The molecular formula is C9H19NO. The van der Waals surface area contributed by atoms with E-state index < -0.39 is 0 Å². The van der Waals surface area contributed by atoms with Crippen LogP contribution in [-0.4, -0.2) is 16.5 Å². The van der Waals surface area contributed by atoms with Gasteiger partial charge < -0.3 is 5.21 Å². The van der Waals surface area contributed by atoms with E-state index in [4.69, 9.17) is 0 Å². The van der Waals surface area contributed by atoms with Crippen molar-refractivity contribution in [1.29, 1.82) is 0 Å². The monoisotopic (exact) mass is 157 g/mol. The summed E-state index contributed by atoms with van der Waals surface area (Å²) in [6.45, 7) is 7.88. The van der Waals surface area contributed by atoms with E-state index in [0.29, 0.717) is 0 Å². The standard InChI is InChI=1S/C9H19NO/c1-5-6-7-8-10(11)9(2,3)4/h8H,5-7H2,1-4H3/b10-8-. The number of rotatable bonds is 3. The maximum absolute atomic E-state index is 11.2. The molecule has 0 bridgehead atoms. The highest BCUT2D eigenvalue weighted by Crippen LogP contribution is 2.04. The van der Waals surface area contributed by atoms with E-state index in [9.17, 15) is 5.21 Å². The third-order valence-corrected chi connectivity index (χ3v) is 1.51. The van der Waals surface area contributed by atoms with Crippen molar-refractivity contribution in [3.8, 4) is 0 Å². The minimum Gasteiger partial charge on any atom is -0.624 e. The molecular weight excluding hydrogens is 138 g/mol. The molecule has 0 fully saturated rings. The van der Waals surface area contributed by atoms with Gasteiger partial charge in [-0.2, -0.15) is 0 Å². The lowest BCUT2D eigenvalue weighted by atomic mass is 10.1. The van der Waals surface area contributed by atoms with Crippen molar-refractivity contribution >= 4 is 6.21 Å². The van der Waals surface area contributed by atoms with Gasteiger partial charge in [-0.25, -0.2) is 4.74 Å². The summed E-state index contributed by atoms with van der Waals surface area (Å²) in [5.74, 6) is 0. The van der Waals surface area contributed by atoms with Crippen molar-refractivity contribution in [2.45, 2.75) is 52.5 Å². The SMILES string of the molecule is CCCC/C=[N+](\[O-])C(C)(C)C. The Labute approximate surface area is 69.5 Å². The van der Waals surface area contributed by atoms with Crippen LogP contribution in [0.2, 0.25) is 0 Å². The van der Waals surface area contributed by atoms with E-state index in [1.165, 1.54) is 0 Å². The molecule has 0 unspecified atom stereocenters. The summed E-state index contributed by atoms with van der Waals surface area (Å²) in [6, 6.07) is 0. The van der Waals surface area contributed by atoms with Gasteiger partial charge >= 0.3 is 0 Å². The van der Waals surface area contributed by atoms with E-state index in [2.05, 4.69) is 6.92 Å². The fourth-order valence-corrected chi connectivity index (χ4v) is 0.687. The summed E-state index contributed by atoms with van der Waals surface area (Å²) in [5.41, 5.74) is -0.270. The first-order chi connectivity index (χ1) is 4.98. The average Bonchev–Trinajstić information content (AvgIpc) is 1.86. The zero-order chi connectivity index (χ0) is 8.91. The fraction of sp³-hybridized carbons (Fsp3) is 0.889. The molecule has 0 radical (unpaired) electrons. The summed E-state index contributed by atoms with van der Waals surface area (Å²) < 4.78 is 1.04. The van der Waals surface area contributed by atoms with Crippen LogP contribution in [-0.2, 0) is 0 Å². The lowest BCUT2D eigenvalue weighted by molar-refractivity contribution is -0.532. The molecule has 0 aliphatic carbocycles. The summed E-state index contributed by atoms with van der Waals surface area (Å²) in [7, 11) is 0. The van der Waals surface area contributed by atoms with Crippen molar-refractivity contribution in [2.75, 3.05) is 0 Å². The number of nitrogens with zero attached hydrogens (tertiary/aromatic N) is 1. The van der Waals surface area contributed by atoms with Crippen LogP contribution >= 0.6 is 0 Å². The van der Waals surface area contributed by atoms with Gasteiger partial charge in [0.15, 0.2) is 11.8 Å². The Morgan fingerprint density at radius 3 is 2.27 bits per heavy atom. The van der Waals surface area contributed by atoms with Crippen LogP contribution < -0.4 is 0 Å². The van der Waals surface area contributed by atoms with E-state index in [1.807, 2.05) is 20.8 Å². The molecule has 0 aromatic rings. The van der Waals surface area contributed by atoms with Crippen molar-refractivity contribution in [2.24, 2.45) is 0 Å². The Bertz CT molecular complexity index is 133. The Kier molecular flexibility index (Phi) is 4.16. The topological polar surface area (TPSA) is 26.1 Å². The largest absolute Gasteiger partial charge is 0.624 e. The molecule has 2 nitrogen and oxygen atoms in total. The predicted octanol–water partition coefficient (Wildman–Crippen LogP) is 2.56. The van der Waals surface area contributed by atoms with Gasteiger partial charge in [-0.3, -0.25) is 0 Å². The lowest BCUT2D eigenvalue weighted by Gasteiger charge is -2.18. The van der Waals surface area contributed by atoms with Crippen LogP contribution in [0.25, 0.3) is 0 Å². The summed E-state index contributed by atoms with van der Waals surface area (Å²) in [5, 5.41) is 11.2. The normalized spacial score (nSPS) is 13.6. The van der Waals surface area contributed by atoms with E-state index in [1.54, 1.807) is 6.21 Å². The van der Waals surface area contributed by atoms with Gasteiger partial charge in [-0.05, 0) is 6.42 Å². The number of hydroxylamine groups is 1. The maximum atomic E-state index is 11.2. The third-order valence-electron chi connectivity index (χ3n) is 1.51. The van der Waals surface area contributed by atoms with Crippen molar-refractivity contribution in [3.05, 3.63) is 5.21 Å². The predicted molar refractivity (Wildman–Crippen MR) is 49.0 cm³/mol. The molecule has 0 aromatic carbocycles. The van der Waals surface area contributed by atoms with Crippen LogP contribution in [0, 0.1) is 5.21 Å². The zero-order valence-corrected chi connectivity index (χ0v) is 8.05. The molecule has 0 saturated heterocycles. The first kappa shape index (κ1) is 10.5. The van der Waals surface area contributed by atoms with Crippen LogP contribution in [0.15, 0.2) is 0 Å². The van der Waals surface area contributed by atoms with Crippen molar-refractivity contribution in [1.82, 2.24) is 0 Å². The molecule has 0 saturated carbocycles. The molecule has 0 atom stereocenters. The average molecular weight is 157 g/mol. The van der Waals surface area contributed by atoms with Gasteiger partial charge in [0, 0.05) is 27.2 Å². The van der Waals surface area contributed by atoms with Gasteiger partial charge in [0.1, 0.15) is 0 Å².